The first kappa shape index (κ1) is 12.1. The second-order valence-corrected chi connectivity index (χ2v) is 3.67. The van der Waals surface area contributed by atoms with Crippen LogP contribution in [0, 0.1) is 13.8 Å². The normalized spacial score (nSPS) is 9.12. The Kier molecular flexibility index (Phi) is 4.40. The molecule has 2 aromatic rings. The van der Waals surface area contributed by atoms with Gasteiger partial charge in [0.1, 0.15) is 11.5 Å². The molecule has 0 aliphatic heterocycles. The molecule has 0 aliphatic carbocycles. The van der Waals surface area contributed by atoms with Crippen molar-refractivity contribution in [1.82, 2.24) is 0 Å². The summed E-state index contributed by atoms with van der Waals surface area (Å²) >= 11 is 0. The van der Waals surface area contributed by atoms with Crippen LogP contribution in [0.3, 0.4) is 0 Å². The van der Waals surface area contributed by atoms with Gasteiger partial charge in [-0.2, -0.15) is 0 Å². The molecule has 0 aliphatic rings. The molecular formula is C14H16O2. The van der Waals surface area contributed by atoms with Crippen molar-refractivity contribution < 1.29 is 10.2 Å². The van der Waals surface area contributed by atoms with Crippen LogP contribution in [0.2, 0.25) is 0 Å². The van der Waals surface area contributed by atoms with Crippen molar-refractivity contribution in [3.63, 3.8) is 0 Å². The van der Waals surface area contributed by atoms with E-state index in [9.17, 15) is 0 Å². The highest BCUT2D eigenvalue weighted by molar-refractivity contribution is 5.25. The average Bonchev–Trinajstić information content (AvgIpc) is 2.23. The van der Waals surface area contributed by atoms with E-state index in [4.69, 9.17) is 10.2 Å². The average molecular weight is 216 g/mol. The zero-order chi connectivity index (χ0) is 12.0. The SMILES string of the molecule is Cc1ccc(O)cc1.Cc1cccc(O)c1. The highest BCUT2D eigenvalue weighted by atomic mass is 16.3. The topological polar surface area (TPSA) is 40.5 Å². The Morgan fingerprint density at radius 2 is 1.31 bits per heavy atom. The second-order valence-electron chi connectivity index (χ2n) is 3.67. The zero-order valence-electron chi connectivity index (χ0n) is 9.51. The van der Waals surface area contributed by atoms with Crippen molar-refractivity contribution in [3.05, 3.63) is 59.7 Å². The van der Waals surface area contributed by atoms with Gasteiger partial charge in [0, 0.05) is 0 Å². The number of hydrogen-bond acceptors (Lipinski definition) is 2. The summed E-state index contributed by atoms with van der Waals surface area (Å²) in [6.07, 6.45) is 0. The first-order chi connectivity index (χ1) is 7.58. The Bertz CT molecular complexity index is 394. The fraction of sp³-hybridized carbons (Fsp3) is 0.143. The van der Waals surface area contributed by atoms with Gasteiger partial charge in [0.25, 0.3) is 0 Å². The lowest BCUT2D eigenvalue weighted by atomic mass is 10.2. The van der Waals surface area contributed by atoms with E-state index in [0.717, 1.165) is 5.56 Å². The van der Waals surface area contributed by atoms with Crippen molar-refractivity contribution in [3.8, 4) is 11.5 Å². The van der Waals surface area contributed by atoms with Gasteiger partial charge in [0.15, 0.2) is 0 Å². The van der Waals surface area contributed by atoms with Crippen LogP contribution in [0.25, 0.3) is 0 Å². The van der Waals surface area contributed by atoms with E-state index in [1.807, 2.05) is 38.1 Å². The van der Waals surface area contributed by atoms with Crippen LogP contribution in [0.15, 0.2) is 48.5 Å². The molecule has 16 heavy (non-hydrogen) atoms. The van der Waals surface area contributed by atoms with Gasteiger partial charge in [-0.15, -0.1) is 0 Å². The molecule has 0 radical (unpaired) electrons. The van der Waals surface area contributed by atoms with Crippen LogP contribution in [-0.2, 0) is 0 Å². The summed E-state index contributed by atoms with van der Waals surface area (Å²) in [5.74, 6) is 0.667. The summed E-state index contributed by atoms with van der Waals surface area (Å²) in [5, 5.41) is 17.6. The van der Waals surface area contributed by atoms with Crippen LogP contribution < -0.4 is 0 Å². The molecule has 0 spiro atoms. The molecule has 0 atom stereocenters. The van der Waals surface area contributed by atoms with Crippen LogP contribution in [0.1, 0.15) is 11.1 Å². The molecule has 2 nitrogen and oxygen atoms in total. The maximum absolute atomic E-state index is 8.81. The van der Waals surface area contributed by atoms with Crippen LogP contribution in [0.4, 0.5) is 0 Å². The van der Waals surface area contributed by atoms with Gasteiger partial charge in [-0.3, -0.25) is 0 Å². The Balaban J connectivity index is 0.000000160. The number of rotatable bonds is 0. The predicted molar refractivity (Wildman–Crippen MR) is 65.7 cm³/mol. The number of hydrogen-bond donors (Lipinski definition) is 2. The van der Waals surface area contributed by atoms with E-state index >= 15 is 0 Å². The molecule has 2 rings (SSSR count). The lowest BCUT2D eigenvalue weighted by Gasteiger charge is -1.89. The first-order valence-corrected chi connectivity index (χ1v) is 5.09. The molecule has 0 fully saturated rings. The monoisotopic (exact) mass is 216 g/mol. The fourth-order valence-electron chi connectivity index (χ4n) is 1.17. The zero-order valence-corrected chi connectivity index (χ0v) is 9.51. The molecule has 2 N–H and O–H groups in total. The van der Waals surface area contributed by atoms with Crippen molar-refractivity contribution >= 4 is 0 Å². The van der Waals surface area contributed by atoms with Crippen LogP contribution >= 0.6 is 0 Å². The molecule has 2 heteroatoms. The van der Waals surface area contributed by atoms with Crippen molar-refractivity contribution in [1.29, 1.82) is 0 Å². The third kappa shape index (κ3) is 4.51. The van der Waals surface area contributed by atoms with Crippen LogP contribution in [0.5, 0.6) is 11.5 Å². The number of benzene rings is 2. The van der Waals surface area contributed by atoms with Crippen LogP contribution in [-0.4, -0.2) is 10.2 Å². The Labute approximate surface area is 95.8 Å². The van der Waals surface area contributed by atoms with Crippen molar-refractivity contribution in [2.75, 3.05) is 0 Å². The second kappa shape index (κ2) is 5.81. The third-order valence-corrected chi connectivity index (χ3v) is 2.04. The van der Waals surface area contributed by atoms with E-state index in [0.29, 0.717) is 11.5 Å². The molecule has 0 unspecified atom stereocenters. The van der Waals surface area contributed by atoms with E-state index < -0.39 is 0 Å². The van der Waals surface area contributed by atoms with Crippen molar-refractivity contribution in [2.24, 2.45) is 0 Å². The molecular weight excluding hydrogens is 200 g/mol. The first-order valence-electron chi connectivity index (χ1n) is 5.09. The number of aromatic hydroxyl groups is 2. The minimum atomic E-state index is 0.329. The Morgan fingerprint density at radius 3 is 1.69 bits per heavy atom. The fourth-order valence-corrected chi connectivity index (χ4v) is 1.17. The highest BCUT2D eigenvalue weighted by Gasteiger charge is 1.83. The molecule has 84 valence electrons. The smallest absolute Gasteiger partial charge is 0.115 e. The minimum Gasteiger partial charge on any atom is -0.508 e. The summed E-state index contributed by atoms with van der Waals surface area (Å²) in [4.78, 5) is 0. The third-order valence-electron chi connectivity index (χ3n) is 2.04. The van der Waals surface area contributed by atoms with Crippen molar-refractivity contribution in [2.45, 2.75) is 13.8 Å². The largest absolute Gasteiger partial charge is 0.508 e. The Morgan fingerprint density at radius 1 is 0.688 bits per heavy atom. The van der Waals surface area contributed by atoms with Gasteiger partial charge < -0.3 is 10.2 Å². The summed E-state index contributed by atoms with van der Waals surface area (Å²) in [5.41, 5.74) is 2.26. The predicted octanol–water partition coefficient (Wildman–Crippen LogP) is 3.40. The summed E-state index contributed by atoms with van der Waals surface area (Å²) < 4.78 is 0. The molecule has 0 heterocycles. The maximum Gasteiger partial charge on any atom is 0.115 e. The van der Waals surface area contributed by atoms with Gasteiger partial charge in [-0.1, -0.05) is 29.8 Å². The van der Waals surface area contributed by atoms with Gasteiger partial charge in [0.2, 0.25) is 0 Å². The summed E-state index contributed by atoms with van der Waals surface area (Å²) in [6.45, 7) is 3.93. The van der Waals surface area contributed by atoms with E-state index in [2.05, 4.69) is 0 Å². The van der Waals surface area contributed by atoms with E-state index in [1.165, 1.54) is 5.56 Å². The summed E-state index contributed by atoms with van der Waals surface area (Å²) in [7, 11) is 0. The van der Waals surface area contributed by atoms with Gasteiger partial charge in [-0.25, -0.2) is 0 Å². The highest BCUT2D eigenvalue weighted by Crippen LogP contribution is 2.08. The number of aryl methyl sites for hydroxylation is 2. The molecule has 0 saturated heterocycles. The standard InChI is InChI=1S/2C7H8O/c1-6-2-4-7(8)5-3-6;1-6-3-2-4-7(8)5-6/h2*2-5,8H,1H3. The molecule has 2 aromatic carbocycles. The minimum absolute atomic E-state index is 0.329. The van der Waals surface area contributed by atoms with E-state index in [1.54, 1.807) is 24.3 Å². The van der Waals surface area contributed by atoms with Gasteiger partial charge >= 0.3 is 0 Å². The maximum atomic E-state index is 8.81. The Hall–Kier alpha value is -1.96. The summed E-state index contributed by atoms with van der Waals surface area (Å²) in [6, 6.07) is 14.2. The molecule has 0 aromatic heterocycles. The molecule has 0 saturated carbocycles. The number of phenols is 2. The lowest BCUT2D eigenvalue weighted by molar-refractivity contribution is 0.474. The number of phenolic OH excluding ortho intramolecular Hbond substituents is 2. The van der Waals surface area contributed by atoms with Gasteiger partial charge in [-0.05, 0) is 43.7 Å². The lowest BCUT2D eigenvalue weighted by Crippen LogP contribution is -1.66. The molecule has 0 amide bonds. The quantitative estimate of drug-likeness (QED) is 0.708. The molecule has 0 bridgehead atoms. The van der Waals surface area contributed by atoms with E-state index in [-0.39, 0.29) is 0 Å². The van der Waals surface area contributed by atoms with Gasteiger partial charge in [0.05, 0.1) is 0 Å².